The van der Waals surface area contributed by atoms with Crippen LogP contribution in [0, 0.1) is 35.5 Å². The van der Waals surface area contributed by atoms with Crippen LogP contribution in [0.5, 0.6) is 0 Å². The van der Waals surface area contributed by atoms with E-state index in [1.807, 2.05) is 0 Å². The van der Waals surface area contributed by atoms with E-state index in [0.29, 0.717) is 12.2 Å². The molecule has 0 heterocycles. The highest BCUT2D eigenvalue weighted by Crippen LogP contribution is 2.41. The Morgan fingerprint density at radius 3 is 1.38 bits per heavy atom. The second-order valence-electron chi connectivity index (χ2n) is 8.87. The lowest BCUT2D eigenvalue weighted by atomic mass is 9.73. The predicted molar refractivity (Wildman–Crippen MR) is 91.3 cm³/mol. The van der Waals surface area contributed by atoms with E-state index in [9.17, 15) is 0 Å². The van der Waals surface area contributed by atoms with Crippen molar-refractivity contribution in [3.63, 3.8) is 0 Å². The fourth-order valence-electron chi connectivity index (χ4n) is 4.77. The van der Waals surface area contributed by atoms with E-state index in [0.717, 1.165) is 35.5 Å². The first-order valence-corrected chi connectivity index (χ1v) is 9.53. The smallest absolute Gasteiger partial charge is 0.0612 e. The summed E-state index contributed by atoms with van der Waals surface area (Å²) >= 11 is 0. The maximum atomic E-state index is 6.82. The van der Waals surface area contributed by atoms with Crippen molar-refractivity contribution < 1.29 is 4.74 Å². The van der Waals surface area contributed by atoms with Crippen LogP contribution in [-0.4, -0.2) is 12.2 Å². The van der Waals surface area contributed by atoms with E-state index in [1.165, 1.54) is 38.5 Å². The van der Waals surface area contributed by atoms with Gasteiger partial charge >= 0.3 is 0 Å². The minimum absolute atomic E-state index is 0.519. The predicted octanol–water partition coefficient (Wildman–Crippen LogP) is 5.92. The summed E-state index contributed by atoms with van der Waals surface area (Å²) in [6, 6.07) is 0. The summed E-state index contributed by atoms with van der Waals surface area (Å²) in [6.07, 6.45) is 9.16. The van der Waals surface area contributed by atoms with Crippen molar-refractivity contribution >= 4 is 0 Å². The molecular weight excluding hydrogens is 256 g/mol. The summed E-state index contributed by atoms with van der Waals surface area (Å²) in [6.45, 7) is 14.4. The first kappa shape index (κ1) is 17.3. The van der Waals surface area contributed by atoms with Gasteiger partial charge < -0.3 is 4.74 Å². The first-order chi connectivity index (χ1) is 9.88. The van der Waals surface area contributed by atoms with Gasteiger partial charge in [0.2, 0.25) is 0 Å². The largest absolute Gasteiger partial charge is 0.374 e. The fraction of sp³-hybridized carbons (Fsp3) is 1.00. The highest BCUT2D eigenvalue weighted by atomic mass is 16.5. The van der Waals surface area contributed by atoms with E-state index < -0.39 is 0 Å². The molecule has 2 aliphatic carbocycles. The zero-order valence-corrected chi connectivity index (χ0v) is 15.3. The van der Waals surface area contributed by atoms with Crippen molar-refractivity contribution in [2.45, 2.75) is 92.3 Å². The molecule has 0 aromatic carbocycles. The lowest BCUT2D eigenvalue weighted by Crippen LogP contribution is -2.42. The van der Waals surface area contributed by atoms with Crippen molar-refractivity contribution in [3.05, 3.63) is 0 Å². The topological polar surface area (TPSA) is 9.23 Å². The van der Waals surface area contributed by atoms with E-state index in [1.54, 1.807) is 0 Å². The molecule has 0 N–H and O–H groups in total. The van der Waals surface area contributed by atoms with Crippen LogP contribution in [0.1, 0.15) is 80.1 Å². The first-order valence-electron chi connectivity index (χ1n) is 9.53. The number of ether oxygens (including phenoxy) is 1. The second kappa shape index (κ2) is 7.49. The number of hydrogen-bond acceptors (Lipinski definition) is 1. The third kappa shape index (κ3) is 4.47. The molecule has 6 atom stereocenters. The molecule has 2 rings (SSSR count). The minimum atomic E-state index is 0.519. The summed E-state index contributed by atoms with van der Waals surface area (Å²) in [5.74, 6) is 4.80. The van der Waals surface area contributed by atoms with Crippen molar-refractivity contribution in [1.82, 2.24) is 0 Å². The van der Waals surface area contributed by atoms with Gasteiger partial charge in [0.1, 0.15) is 0 Å². The molecule has 2 fully saturated rings. The Morgan fingerprint density at radius 2 is 1.05 bits per heavy atom. The molecule has 124 valence electrons. The van der Waals surface area contributed by atoms with Crippen LogP contribution in [0.15, 0.2) is 0 Å². The highest BCUT2D eigenvalue weighted by Gasteiger charge is 2.37. The molecule has 0 saturated heterocycles. The summed E-state index contributed by atoms with van der Waals surface area (Å²) < 4.78 is 6.82. The fourth-order valence-corrected chi connectivity index (χ4v) is 4.77. The van der Waals surface area contributed by atoms with Gasteiger partial charge in [0.15, 0.2) is 0 Å². The Bertz CT molecular complexity index is 279. The van der Waals surface area contributed by atoms with Gasteiger partial charge in [0.05, 0.1) is 12.2 Å². The van der Waals surface area contributed by atoms with Crippen molar-refractivity contribution in [1.29, 1.82) is 0 Å². The average Bonchev–Trinajstić information content (AvgIpc) is 2.38. The molecule has 0 unspecified atom stereocenters. The van der Waals surface area contributed by atoms with Crippen molar-refractivity contribution in [2.75, 3.05) is 0 Å². The van der Waals surface area contributed by atoms with Gasteiger partial charge in [0, 0.05) is 0 Å². The molecule has 0 radical (unpaired) electrons. The van der Waals surface area contributed by atoms with Crippen LogP contribution < -0.4 is 0 Å². The van der Waals surface area contributed by atoms with Crippen LogP contribution in [0.2, 0.25) is 0 Å². The van der Waals surface area contributed by atoms with Crippen LogP contribution in [0.3, 0.4) is 0 Å². The molecule has 1 nitrogen and oxygen atoms in total. The zero-order valence-electron chi connectivity index (χ0n) is 15.3. The third-order valence-electron chi connectivity index (χ3n) is 6.27. The molecule has 2 aliphatic rings. The SMILES string of the molecule is CC(C)[C@@H]1CC[C@@H](C)C[C@H]1O[C@@H]1C[C@H](C)CC[C@H]1C(C)C. The van der Waals surface area contributed by atoms with Crippen LogP contribution in [0.25, 0.3) is 0 Å². The van der Waals surface area contributed by atoms with Crippen LogP contribution in [-0.2, 0) is 4.74 Å². The molecule has 0 aromatic rings. The Kier molecular flexibility index (Phi) is 6.17. The summed E-state index contributed by atoms with van der Waals surface area (Å²) in [7, 11) is 0. The molecule has 0 aromatic heterocycles. The normalized spacial score (nSPS) is 41.7. The lowest BCUT2D eigenvalue weighted by Gasteiger charge is -2.44. The number of rotatable bonds is 4. The Labute approximate surface area is 133 Å². The molecule has 0 amide bonds. The van der Waals surface area contributed by atoms with E-state index in [4.69, 9.17) is 4.74 Å². The van der Waals surface area contributed by atoms with E-state index in [-0.39, 0.29) is 0 Å². The van der Waals surface area contributed by atoms with Crippen LogP contribution in [0.4, 0.5) is 0 Å². The number of hydrogen-bond donors (Lipinski definition) is 0. The van der Waals surface area contributed by atoms with Gasteiger partial charge in [-0.2, -0.15) is 0 Å². The molecular formula is C20H38O. The van der Waals surface area contributed by atoms with Gasteiger partial charge in [-0.1, -0.05) is 54.4 Å². The van der Waals surface area contributed by atoms with E-state index >= 15 is 0 Å². The van der Waals surface area contributed by atoms with Gasteiger partial charge in [-0.3, -0.25) is 0 Å². The maximum Gasteiger partial charge on any atom is 0.0612 e. The van der Waals surface area contributed by atoms with Gasteiger partial charge in [-0.05, 0) is 61.2 Å². The highest BCUT2D eigenvalue weighted by molar-refractivity contribution is 4.86. The summed E-state index contributed by atoms with van der Waals surface area (Å²) in [5, 5.41) is 0. The maximum absolute atomic E-state index is 6.82. The molecule has 0 bridgehead atoms. The van der Waals surface area contributed by atoms with Gasteiger partial charge in [0.25, 0.3) is 0 Å². The molecule has 0 aliphatic heterocycles. The molecule has 1 heteroatoms. The average molecular weight is 295 g/mol. The molecule has 2 saturated carbocycles. The minimum Gasteiger partial charge on any atom is -0.374 e. The Hall–Kier alpha value is -0.0400. The Balaban J connectivity index is 2.04. The summed E-state index contributed by atoms with van der Waals surface area (Å²) in [4.78, 5) is 0. The second-order valence-corrected chi connectivity index (χ2v) is 8.87. The summed E-state index contributed by atoms with van der Waals surface area (Å²) in [5.41, 5.74) is 0. The van der Waals surface area contributed by atoms with Gasteiger partial charge in [-0.15, -0.1) is 0 Å². The molecule has 0 spiro atoms. The van der Waals surface area contributed by atoms with E-state index in [2.05, 4.69) is 41.5 Å². The van der Waals surface area contributed by atoms with Crippen molar-refractivity contribution in [3.8, 4) is 0 Å². The quantitative estimate of drug-likeness (QED) is 0.625. The monoisotopic (exact) mass is 294 g/mol. The molecule has 21 heavy (non-hydrogen) atoms. The Morgan fingerprint density at radius 1 is 0.667 bits per heavy atom. The third-order valence-corrected chi connectivity index (χ3v) is 6.27. The van der Waals surface area contributed by atoms with Gasteiger partial charge in [-0.25, -0.2) is 0 Å². The standard InChI is InChI=1S/C20H38O/c1-13(2)17-9-7-15(5)11-19(17)21-20-12-16(6)8-10-18(20)14(3)4/h13-20H,7-12H2,1-6H3/t15-,16-,17+,18+,19-,20-/m1/s1. The van der Waals surface area contributed by atoms with Crippen LogP contribution >= 0.6 is 0 Å². The zero-order chi connectivity index (χ0) is 15.6. The van der Waals surface area contributed by atoms with Crippen molar-refractivity contribution in [2.24, 2.45) is 35.5 Å². The lowest BCUT2D eigenvalue weighted by molar-refractivity contribution is -0.123.